The molecular formula is C15H25N3O2. The second-order valence-corrected chi connectivity index (χ2v) is 6.43. The summed E-state index contributed by atoms with van der Waals surface area (Å²) < 4.78 is 0. The molecule has 2 heterocycles. The molecule has 5 heteroatoms. The van der Waals surface area contributed by atoms with Crippen molar-refractivity contribution in [2.75, 3.05) is 26.2 Å². The number of hydrogen-bond donors (Lipinski definition) is 2. The van der Waals surface area contributed by atoms with Gasteiger partial charge in [0.05, 0.1) is 5.92 Å². The standard InChI is InChI=1S/C15H25N3O2/c19-14(12-2-1-7-16-10-12)17-13-5-8-18(9-6-13)15(20)11-3-4-11/h11-13,16H,1-10H2,(H,17,19). The van der Waals surface area contributed by atoms with Gasteiger partial charge in [0, 0.05) is 31.6 Å². The van der Waals surface area contributed by atoms with Crippen molar-refractivity contribution in [2.45, 2.75) is 44.6 Å². The van der Waals surface area contributed by atoms with E-state index in [1.54, 1.807) is 0 Å². The lowest BCUT2D eigenvalue weighted by Gasteiger charge is -2.33. The van der Waals surface area contributed by atoms with E-state index in [-0.39, 0.29) is 17.9 Å². The summed E-state index contributed by atoms with van der Waals surface area (Å²) in [5.41, 5.74) is 0. The molecule has 2 saturated heterocycles. The quantitative estimate of drug-likeness (QED) is 0.791. The number of carbonyl (C=O) groups is 2. The molecule has 112 valence electrons. The SMILES string of the molecule is O=C(NC1CCN(C(=O)C2CC2)CC1)C1CCCNC1. The summed E-state index contributed by atoms with van der Waals surface area (Å²) in [4.78, 5) is 26.1. The van der Waals surface area contributed by atoms with Gasteiger partial charge in [0.25, 0.3) is 0 Å². The highest BCUT2D eigenvalue weighted by atomic mass is 16.2. The Bertz CT molecular complexity index is 367. The molecule has 1 unspecified atom stereocenters. The molecule has 3 rings (SSSR count). The van der Waals surface area contributed by atoms with Crippen LogP contribution in [0.3, 0.4) is 0 Å². The van der Waals surface area contributed by atoms with E-state index in [2.05, 4.69) is 10.6 Å². The Morgan fingerprint density at radius 1 is 1.00 bits per heavy atom. The van der Waals surface area contributed by atoms with E-state index in [4.69, 9.17) is 0 Å². The molecule has 0 aromatic carbocycles. The van der Waals surface area contributed by atoms with Gasteiger partial charge in [-0.15, -0.1) is 0 Å². The number of nitrogens with one attached hydrogen (secondary N) is 2. The highest BCUT2D eigenvalue weighted by molar-refractivity contribution is 5.81. The lowest BCUT2D eigenvalue weighted by molar-refractivity contribution is -0.133. The normalized spacial score (nSPS) is 28.2. The predicted octanol–water partition coefficient (Wildman–Crippen LogP) is 0.503. The van der Waals surface area contributed by atoms with Crippen LogP contribution in [0, 0.1) is 11.8 Å². The van der Waals surface area contributed by atoms with E-state index < -0.39 is 0 Å². The summed E-state index contributed by atoms with van der Waals surface area (Å²) in [6, 6.07) is 0.257. The average molecular weight is 279 g/mol. The van der Waals surface area contributed by atoms with Gasteiger partial charge in [-0.05, 0) is 45.1 Å². The maximum Gasteiger partial charge on any atom is 0.225 e. The Kier molecular flexibility index (Phi) is 4.24. The van der Waals surface area contributed by atoms with Gasteiger partial charge in [0.1, 0.15) is 0 Å². The molecular weight excluding hydrogens is 254 g/mol. The lowest BCUT2D eigenvalue weighted by atomic mass is 9.97. The molecule has 3 fully saturated rings. The van der Waals surface area contributed by atoms with E-state index in [1.807, 2.05) is 4.90 Å². The van der Waals surface area contributed by atoms with Crippen molar-refractivity contribution in [3.8, 4) is 0 Å². The second kappa shape index (κ2) is 6.12. The molecule has 2 N–H and O–H groups in total. The fraction of sp³-hybridized carbons (Fsp3) is 0.867. The molecule has 0 radical (unpaired) electrons. The summed E-state index contributed by atoms with van der Waals surface area (Å²) in [6.45, 7) is 3.46. The summed E-state index contributed by atoms with van der Waals surface area (Å²) in [7, 11) is 0. The van der Waals surface area contributed by atoms with Crippen LogP contribution >= 0.6 is 0 Å². The van der Waals surface area contributed by atoms with Crippen LogP contribution in [0.25, 0.3) is 0 Å². The van der Waals surface area contributed by atoms with Gasteiger partial charge in [-0.1, -0.05) is 0 Å². The maximum absolute atomic E-state index is 12.2. The topological polar surface area (TPSA) is 61.4 Å². The zero-order chi connectivity index (χ0) is 13.9. The third-order valence-corrected chi connectivity index (χ3v) is 4.75. The van der Waals surface area contributed by atoms with Gasteiger partial charge in [0.2, 0.25) is 11.8 Å². The van der Waals surface area contributed by atoms with E-state index >= 15 is 0 Å². The van der Waals surface area contributed by atoms with Crippen LogP contribution in [0.2, 0.25) is 0 Å². The molecule has 0 bridgehead atoms. The van der Waals surface area contributed by atoms with Crippen molar-refractivity contribution in [3.63, 3.8) is 0 Å². The first-order valence-electron chi connectivity index (χ1n) is 8.04. The Morgan fingerprint density at radius 3 is 2.35 bits per heavy atom. The Hall–Kier alpha value is -1.10. The summed E-state index contributed by atoms with van der Waals surface area (Å²) in [6.07, 6.45) is 6.05. The van der Waals surface area contributed by atoms with Gasteiger partial charge in [-0.25, -0.2) is 0 Å². The molecule has 20 heavy (non-hydrogen) atoms. The van der Waals surface area contributed by atoms with Crippen molar-refractivity contribution < 1.29 is 9.59 Å². The first-order valence-corrected chi connectivity index (χ1v) is 8.04. The first-order chi connectivity index (χ1) is 9.74. The summed E-state index contributed by atoms with van der Waals surface area (Å²) in [5.74, 6) is 0.986. The number of likely N-dealkylation sites (tertiary alicyclic amines) is 1. The highest BCUT2D eigenvalue weighted by Gasteiger charge is 2.35. The molecule has 2 amide bonds. The molecule has 1 saturated carbocycles. The first kappa shape index (κ1) is 13.9. The zero-order valence-corrected chi connectivity index (χ0v) is 12.1. The van der Waals surface area contributed by atoms with Crippen LogP contribution in [0.15, 0.2) is 0 Å². The van der Waals surface area contributed by atoms with Crippen molar-refractivity contribution in [1.82, 2.24) is 15.5 Å². The van der Waals surface area contributed by atoms with Gasteiger partial charge in [0.15, 0.2) is 0 Å². The van der Waals surface area contributed by atoms with Crippen LogP contribution in [0.4, 0.5) is 0 Å². The number of amides is 2. The van der Waals surface area contributed by atoms with Gasteiger partial charge >= 0.3 is 0 Å². The van der Waals surface area contributed by atoms with Crippen molar-refractivity contribution >= 4 is 11.8 Å². The van der Waals surface area contributed by atoms with Gasteiger partial charge in [-0.2, -0.15) is 0 Å². The van der Waals surface area contributed by atoms with Crippen LogP contribution in [0.5, 0.6) is 0 Å². The van der Waals surface area contributed by atoms with Crippen LogP contribution in [0.1, 0.15) is 38.5 Å². The Balaban J connectivity index is 1.41. The lowest BCUT2D eigenvalue weighted by Crippen LogP contribution is -2.49. The molecule has 3 aliphatic rings. The number of carbonyl (C=O) groups excluding carboxylic acids is 2. The van der Waals surface area contributed by atoms with Gasteiger partial charge in [-0.3, -0.25) is 9.59 Å². The molecule has 2 aliphatic heterocycles. The largest absolute Gasteiger partial charge is 0.353 e. The maximum atomic E-state index is 12.2. The fourth-order valence-electron chi connectivity index (χ4n) is 3.23. The molecule has 0 spiro atoms. The monoisotopic (exact) mass is 279 g/mol. The third-order valence-electron chi connectivity index (χ3n) is 4.75. The smallest absolute Gasteiger partial charge is 0.225 e. The van der Waals surface area contributed by atoms with Crippen LogP contribution < -0.4 is 10.6 Å². The number of piperidine rings is 2. The number of nitrogens with zero attached hydrogens (tertiary/aromatic N) is 1. The highest BCUT2D eigenvalue weighted by Crippen LogP contribution is 2.31. The van der Waals surface area contributed by atoms with E-state index in [1.165, 1.54) is 0 Å². The van der Waals surface area contributed by atoms with Crippen molar-refractivity contribution in [2.24, 2.45) is 11.8 Å². The minimum Gasteiger partial charge on any atom is -0.353 e. The van der Waals surface area contributed by atoms with E-state index in [0.29, 0.717) is 11.8 Å². The average Bonchev–Trinajstić information content (AvgIpc) is 3.33. The molecule has 1 atom stereocenters. The Morgan fingerprint density at radius 2 is 1.75 bits per heavy atom. The minimum atomic E-state index is 0.134. The van der Waals surface area contributed by atoms with Crippen LogP contribution in [-0.2, 0) is 9.59 Å². The van der Waals surface area contributed by atoms with Gasteiger partial charge < -0.3 is 15.5 Å². The summed E-state index contributed by atoms with van der Waals surface area (Å²) in [5, 5.41) is 6.46. The summed E-state index contributed by atoms with van der Waals surface area (Å²) >= 11 is 0. The third kappa shape index (κ3) is 3.32. The molecule has 0 aromatic rings. The number of hydrogen-bond acceptors (Lipinski definition) is 3. The number of rotatable bonds is 3. The molecule has 1 aliphatic carbocycles. The minimum absolute atomic E-state index is 0.134. The Labute approximate surface area is 120 Å². The zero-order valence-electron chi connectivity index (χ0n) is 12.1. The second-order valence-electron chi connectivity index (χ2n) is 6.43. The molecule has 5 nitrogen and oxygen atoms in total. The van der Waals surface area contributed by atoms with Crippen molar-refractivity contribution in [3.05, 3.63) is 0 Å². The van der Waals surface area contributed by atoms with Crippen LogP contribution in [-0.4, -0.2) is 48.9 Å². The predicted molar refractivity (Wildman–Crippen MR) is 76.1 cm³/mol. The van der Waals surface area contributed by atoms with E-state index in [9.17, 15) is 9.59 Å². The fourth-order valence-corrected chi connectivity index (χ4v) is 3.23. The van der Waals surface area contributed by atoms with Crippen molar-refractivity contribution in [1.29, 1.82) is 0 Å². The molecule has 0 aromatic heterocycles. The van der Waals surface area contributed by atoms with E-state index in [0.717, 1.165) is 64.7 Å².